The van der Waals surface area contributed by atoms with Gasteiger partial charge in [0.15, 0.2) is 5.78 Å². The van der Waals surface area contributed by atoms with Gasteiger partial charge in [0.2, 0.25) is 0 Å². The molecule has 5 heteroatoms. The lowest BCUT2D eigenvalue weighted by Gasteiger charge is -2.04. The molecule has 0 atom stereocenters. The number of hydrogen-bond acceptors (Lipinski definition) is 2. The zero-order valence-corrected chi connectivity index (χ0v) is 9.15. The third-order valence-electron chi connectivity index (χ3n) is 2.32. The Bertz CT molecular complexity index is 543. The monoisotopic (exact) mass is 236 g/mol. The minimum atomic E-state index is -0.848. The van der Waals surface area contributed by atoms with Crippen molar-refractivity contribution in [3.8, 4) is 0 Å². The highest BCUT2D eigenvalue weighted by Crippen LogP contribution is 2.13. The highest BCUT2D eigenvalue weighted by atomic mass is 19.1. The second-order valence-electron chi connectivity index (χ2n) is 3.67. The number of aryl methyl sites for hydroxylation is 1. The molecule has 0 unspecified atom stereocenters. The van der Waals surface area contributed by atoms with E-state index in [-0.39, 0.29) is 6.54 Å². The molecule has 0 N–H and O–H groups in total. The molecule has 2 rings (SSSR count). The van der Waals surface area contributed by atoms with Crippen molar-refractivity contribution in [1.29, 1.82) is 0 Å². The van der Waals surface area contributed by atoms with E-state index in [1.807, 2.05) is 0 Å². The Hall–Kier alpha value is -2.04. The molecular formula is C12H10F2N2O. The van der Waals surface area contributed by atoms with Crippen LogP contribution < -0.4 is 0 Å². The van der Waals surface area contributed by atoms with Crippen molar-refractivity contribution < 1.29 is 13.6 Å². The van der Waals surface area contributed by atoms with E-state index in [9.17, 15) is 13.6 Å². The molecule has 1 aromatic heterocycles. The van der Waals surface area contributed by atoms with Gasteiger partial charge < -0.3 is 0 Å². The average Bonchev–Trinajstić information content (AvgIpc) is 2.63. The molecule has 88 valence electrons. The summed E-state index contributed by atoms with van der Waals surface area (Å²) < 4.78 is 28.0. The fourth-order valence-corrected chi connectivity index (χ4v) is 1.54. The number of carbonyl (C=O) groups excluding carboxylic acids is 1. The molecule has 1 heterocycles. The Morgan fingerprint density at radius 2 is 1.94 bits per heavy atom. The van der Waals surface area contributed by atoms with Crippen molar-refractivity contribution in [2.24, 2.45) is 0 Å². The summed E-state index contributed by atoms with van der Waals surface area (Å²) in [5.41, 5.74) is 0.229. The summed E-state index contributed by atoms with van der Waals surface area (Å²) >= 11 is 0. The van der Waals surface area contributed by atoms with Crippen LogP contribution in [0.2, 0.25) is 0 Å². The fraction of sp³-hybridized carbons (Fsp3) is 0.167. The van der Waals surface area contributed by atoms with E-state index < -0.39 is 23.0 Å². The molecule has 0 bridgehead atoms. The van der Waals surface area contributed by atoms with Crippen LogP contribution in [0, 0.1) is 18.6 Å². The third kappa shape index (κ3) is 2.38. The van der Waals surface area contributed by atoms with Gasteiger partial charge in [0, 0.05) is 6.20 Å². The molecule has 0 aliphatic carbocycles. The molecule has 0 aliphatic rings. The van der Waals surface area contributed by atoms with Crippen LogP contribution in [0.25, 0.3) is 0 Å². The maximum absolute atomic E-state index is 13.3. The summed E-state index contributed by atoms with van der Waals surface area (Å²) in [6, 6.07) is 5.06. The fourth-order valence-electron chi connectivity index (χ4n) is 1.54. The van der Waals surface area contributed by atoms with E-state index in [0.717, 1.165) is 17.8 Å². The van der Waals surface area contributed by atoms with Crippen LogP contribution in [0.5, 0.6) is 0 Å². The summed E-state index contributed by atoms with van der Waals surface area (Å²) in [7, 11) is 0. The number of carbonyl (C=O) groups is 1. The van der Waals surface area contributed by atoms with Gasteiger partial charge in [-0.3, -0.25) is 9.48 Å². The quantitative estimate of drug-likeness (QED) is 0.767. The molecule has 0 aliphatic heterocycles. The smallest absolute Gasteiger partial charge is 0.190 e. The van der Waals surface area contributed by atoms with Gasteiger partial charge in [-0.2, -0.15) is 5.10 Å². The van der Waals surface area contributed by atoms with E-state index in [0.29, 0.717) is 0 Å². The number of aromatic nitrogens is 2. The first kappa shape index (κ1) is 11.4. The molecule has 1 aromatic carbocycles. The topological polar surface area (TPSA) is 34.9 Å². The largest absolute Gasteiger partial charge is 0.292 e. The Balaban J connectivity index is 2.26. The average molecular weight is 236 g/mol. The van der Waals surface area contributed by atoms with E-state index in [1.165, 1.54) is 10.7 Å². The normalized spacial score (nSPS) is 10.5. The molecule has 0 spiro atoms. The van der Waals surface area contributed by atoms with Gasteiger partial charge in [-0.1, -0.05) is 6.07 Å². The van der Waals surface area contributed by atoms with E-state index in [1.54, 1.807) is 19.2 Å². The molecule has 0 amide bonds. The van der Waals surface area contributed by atoms with Gasteiger partial charge in [-0.25, -0.2) is 8.78 Å². The third-order valence-corrected chi connectivity index (χ3v) is 2.32. The van der Waals surface area contributed by atoms with Gasteiger partial charge >= 0.3 is 0 Å². The van der Waals surface area contributed by atoms with Crippen molar-refractivity contribution in [3.05, 3.63) is 53.4 Å². The lowest BCUT2D eigenvalue weighted by Crippen LogP contribution is -2.14. The van der Waals surface area contributed by atoms with Gasteiger partial charge in [-0.15, -0.1) is 0 Å². The van der Waals surface area contributed by atoms with Crippen LogP contribution in [0.15, 0.2) is 30.5 Å². The second kappa shape index (κ2) is 4.45. The van der Waals surface area contributed by atoms with E-state index >= 15 is 0 Å². The molecule has 3 nitrogen and oxygen atoms in total. The molecule has 17 heavy (non-hydrogen) atoms. The van der Waals surface area contributed by atoms with E-state index in [2.05, 4.69) is 5.10 Å². The van der Waals surface area contributed by atoms with E-state index in [4.69, 9.17) is 0 Å². The lowest BCUT2D eigenvalue weighted by atomic mass is 10.1. The lowest BCUT2D eigenvalue weighted by molar-refractivity contribution is 0.0959. The van der Waals surface area contributed by atoms with Crippen LogP contribution in [0.1, 0.15) is 16.1 Å². The number of rotatable bonds is 3. The maximum Gasteiger partial charge on any atom is 0.190 e. The van der Waals surface area contributed by atoms with Crippen LogP contribution in [-0.2, 0) is 6.54 Å². The van der Waals surface area contributed by atoms with Crippen molar-refractivity contribution in [2.75, 3.05) is 0 Å². The standard InChI is InChI=1S/C12H10F2N2O/c1-8-5-6-16(15-8)7-11(17)12-9(13)3-2-4-10(12)14/h2-6H,7H2,1H3. The zero-order chi connectivity index (χ0) is 12.4. The summed E-state index contributed by atoms with van der Waals surface area (Å²) in [5, 5.41) is 3.99. The van der Waals surface area contributed by atoms with Gasteiger partial charge in [0.05, 0.1) is 11.3 Å². The van der Waals surface area contributed by atoms with Gasteiger partial charge in [0.1, 0.15) is 18.2 Å². The minimum absolute atomic E-state index is 0.175. The molecule has 2 aromatic rings. The Morgan fingerprint density at radius 1 is 1.29 bits per heavy atom. The molecule has 0 fully saturated rings. The minimum Gasteiger partial charge on any atom is -0.292 e. The van der Waals surface area contributed by atoms with Gasteiger partial charge in [-0.05, 0) is 25.1 Å². The van der Waals surface area contributed by atoms with Crippen molar-refractivity contribution >= 4 is 5.78 Å². The highest BCUT2D eigenvalue weighted by molar-refractivity contribution is 5.96. The molecule has 0 radical (unpaired) electrons. The summed E-state index contributed by atoms with van der Waals surface area (Å²) in [6.45, 7) is 1.59. The number of halogens is 2. The predicted molar refractivity (Wildman–Crippen MR) is 57.7 cm³/mol. The number of Topliss-reactive ketones (excluding diaryl/α,β-unsaturated/α-hetero) is 1. The van der Waals surface area contributed by atoms with Crippen molar-refractivity contribution in [2.45, 2.75) is 13.5 Å². The highest BCUT2D eigenvalue weighted by Gasteiger charge is 2.17. The summed E-state index contributed by atoms with van der Waals surface area (Å²) in [5.74, 6) is -2.33. The predicted octanol–water partition coefficient (Wildman–Crippen LogP) is 2.35. The van der Waals surface area contributed by atoms with Crippen LogP contribution in [0.3, 0.4) is 0 Å². The van der Waals surface area contributed by atoms with Crippen LogP contribution >= 0.6 is 0 Å². The summed E-state index contributed by atoms with van der Waals surface area (Å²) in [6.07, 6.45) is 1.59. The van der Waals surface area contributed by atoms with Crippen LogP contribution in [-0.4, -0.2) is 15.6 Å². The van der Waals surface area contributed by atoms with Crippen molar-refractivity contribution in [1.82, 2.24) is 9.78 Å². The Labute approximate surface area is 96.7 Å². The summed E-state index contributed by atoms with van der Waals surface area (Å²) in [4.78, 5) is 11.7. The number of benzene rings is 1. The first-order chi connectivity index (χ1) is 8.08. The van der Waals surface area contributed by atoms with Crippen LogP contribution in [0.4, 0.5) is 8.78 Å². The first-order valence-electron chi connectivity index (χ1n) is 5.05. The maximum atomic E-state index is 13.3. The second-order valence-corrected chi connectivity index (χ2v) is 3.67. The first-order valence-corrected chi connectivity index (χ1v) is 5.05. The number of hydrogen-bond donors (Lipinski definition) is 0. The molecular weight excluding hydrogens is 226 g/mol. The molecule has 0 saturated carbocycles. The Morgan fingerprint density at radius 3 is 2.47 bits per heavy atom. The SMILES string of the molecule is Cc1ccn(CC(=O)c2c(F)cccc2F)n1. The van der Waals surface area contributed by atoms with Gasteiger partial charge in [0.25, 0.3) is 0 Å². The number of nitrogens with zero attached hydrogens (tertiary/aromatic N) is 2. The zero-order valence-electron chi connectivity index (χ0n) is 9.15. The Kier molecular flexibility index (Phi) is 2.99. The van der Waals surface area contributed by atoms with Crippen molar-refractivity contribution in [3.63, 3.8) is 0 Å². The molecule has 0 saturated heterocycles. The number of ketones is 1.